The summed E-state index contributed by atoms with van der Waals surface area (Å²) in [4.78, 5) is 31.1. The van der Waals surface area contributed by atoms with E-state index in [9.17, 15) is 9.59 Å². The van der Waals surface area contributed by atoms with Gasteiger partial charge in [0.25, 0.3) is 0 Å². The Morgan fingerprint density at radius 2 is 2.12 bits per heavy atom. The van der Waals surface area contributed by atoms with Crippen molar-refractivity contribution in [3.63, 3.8) is 0 Å². The van der Waals surface area contributed by atoms with Crippen LogP contribution in [0.3, 0.4) is 0 Å². The van der Waals surface area contributed by atoms with Crippen LogP contribution < -0.4 is 5.32 Å². The van der Waals surface area contributed by atoms with Gasteiger partial charge in [0.1, 0.15) is 12.4 Å². The van der Waals surface area contributed by atoms with Crippen LogP contribution in [-0.4, -0.2) is 45.9 Å². The summed E-state index contributed by atoms with van der Waals surface area (Å²) in [5.41, 5.74) is 1.92. The van der Waals surface area contributed by atoms with Gasteiger partial charge >= 0.3 is 0 Å². The highest BCUT2D eigenvalue weighted by atomic mass is 16.2. The van der Waals surface area contributed by atoms with Crippen LogP contribution in [0.1, 0.15) is 25.6 Å². The Hall–Kier alpha value is -2.37. The van der Waals surface area contributed by atoms with Crippen molar-refractivity contribution in [2.75, 3.05) is 19.6 Å². The van der Waals surface area contributed by atoms with Crippen molar-refractivity contribution in [1.29, 1.82) is 0 Å². The highest BCUT2D eigenvalue weighted by Gasteiger charge is 2.43. The second kappa shape index (κ2) is 5.61. The average Bonchev–Trinajstić information content (AvgIpc) is 3.22. The number of aromatic nitrogens is 2. The third kappa shape index (κ3) is 2.37. The fourth-order valence-corrected chi connectivity index (χ4v) is 3.88. The molecule has 0 saturated carbocycles. The molecule has 2 atom stereocenters. The van der Waals surface area contributed by atoms with Crippen LogP contribution in [0.2, 0.25) is 0 Å². The second-order valence-corrected chi connectivity index (χ2v) is 7.11. The maximum atomic E-state index is 12.8. The molecule has 0 radical (unpaired) electrons. The lowest BCUT2D eigenvalue weighted by molar-refractivity contribution is -0.131. The first kappa shape index (κ1) is 15.2. The predicted octanol–water partition coefficient (Wildman–Crippen LogP) is 1.36. The number of para-hydroxylation sites is 2. The zero-order valence-electron chi connectivity index (χ0n) is 14.0. The van der Waals surface area contributed by atoms with Crippen LogP contribution in [-0.2, 0) is 16.1 Å². The van der Waals surface area contributed by atoms with E-state index in [0.717, 1.165) is 16.9 Å². The molecule has 2 aliphatic heterocycles. The standard InChI is InChI=1S/C18H22N4O2/c1-11(2)17-20-14-5-3-4-6-15(14)22(17)10-16(23)21-8-12-7-19-18(24)13(12)9-21/h3-6,11-13H,7-10H2,1-2H3,(H,19,24)/t12-,13+/m0/s1. The van der Waals surface area contributed by atoms with E-state index in [-0.39, 0.29) is 36.1 Å². The third-order valence-electron chi connectivity index (χ3n) is 5.16. The highest BCUT2D eigenvalue weighted by molar-refractivity contribution is 5.85. The summed E-state index contributed by atoms with van der Waals surface area (Å²) in [5, 5.41) is 2.88. The minimum absolute atomic E-state index is 0.0296. The van der Waals surface area contributed by atoms with Crippen LogP contribution in [0, 0.1) is 11.8 Å². The van der Waals surface area contributed by atoms with E-state index in [1.165, 1.54) is 0 Å². The van der Waals surface area contributed by atoms with E-state index in [1.54, 1.807) is 0 Å². The normalized spacial score (nSPS) is 23.1. The Morgan fingerprint density at radius 1 is 1.33 bits per heavy atom. The van der Waals surface area contributed by atoms with E-state index >= 15 is 0 Å². The summed E-state index contributed by atoms with van der Waals surface area (Å²) < 4.78 is 2.02. The lowest BCUT2D eigenvalue weighted by Crippen LogP contribution is -2.35. The number of hydrogen-bond acceptors (Lipinski definition) is 3. The van der Waals surface area contributed by atoms with Crippen LogP contribution in [0.25, 0.3) is 11.0 Å². The number of likely N-dealkylation sites (tertiary alicyclic amines) is 1. The van der Waals surface area contributed by atoms with Crippen molar-refractivity contribution in [3.8, 4) is 0 Å². The fourth-order valence-electron chi connectivity index (χ4n) is 3.88. The summed E-state index contributed by atoms with van der Waals surface area (Å²) >= 11 is 0. The third-order valence-corrected chi connectivity index (χ3v) is 5.16. The number of nitrogens with zero attached hydrogens (tertiary/aromatic N) is 3. The number of imidazole rings is 1. The van der Waals surface area contributed by atoms with Gasteiger partial charge in [0, 0.05) is 31.5 Å². The summed E-state index contributed by atoms with van der Waals surface area (Å²) in [7, 11) is 0. The molecule has 24 heavy (non-hydrogen) atoms. The molecule has 1 N–H and O–H groups in total. The van der Waals surface area contributed by atoms with Crippen molar-refractivity contribution in [2.24, 2.45) is 11.8 Å². The number of hydrogen-bond donors (Lipinski definition) is 1. The van der Waals surface area contributed by atoms with Crippen LogP contribution >= 0.6 is 0 Å². The lowest BCUT2D eigenvalue weighted by Gasteiger charge is -2.19. The lowest BCUT2D eigenvalue weighted by atomic mass is 10.0. The molecule has 1 aromatic heterocycles. The van der Waals surface area contributed by atoms with Crippen molar-refractivity contribution in [1.82, 2.24) is 19.8 Å². The van der Waals surface area contributed by atoms with Gasteiger partial charge < -0.3 is 14.8 Å². The quantitative estimate of drug-likeness (QED) is 0.926. The van der Waals surface area contributed by atoms with Gasteiger partial charge in [0.05, 0.1) is 17.0 Å². The van der Waals surface area contributed by atoms with Crippen molar-refractivity contribution in [2.45, 2.75) is 26.3 Å². The smallest absolute Gasteiger partial charge is 0.242 e. The molecule has 3 heterocycles. The van der Waals surface area contributed by atoms with Gasteiger partial charge in [-0.05, 0) is 12.1 Å². The Labute approximate surface area is 140 Å². The number of carbonyl (C=O) groups is 2. The first-order valence-electron chi connectivity index (χ1n) is 8.55. The van der Waals surface area contributed by atoms with Crippen LogP contribution in [0.4, 0.5) is 0 Å². The minimum atomic E-state index is -0.0296. The fraction of sp³-hybridized carbons (Fsp3) is 0.500. The first-order valence-corrected chi connectivity index (χ1v) is 8.55. The van der Waals surface area contributed by atoms with Crippen molar-refractivity contribution < 1.29 is 9.59 Å². The number of benzene rings is 1. The first-order chi connectivity index (χ1) is 11.5. The zero-order valence-corrected chi connectivity index (χ0v) is 14.0. The van der Waals surface area contributed by atoms with Gasteiger partial charge in [-0.3, -0.25) is 9.59 Å². The molecule has 0 spiro atoms. The monoisotopic (exact) mass is 326 g/mol. The summed E-state index contributed by atoms with van der Waals surface area (Å²) in [6, 6.07) is 7.92. The Morgan fingerprint density at radius 3 is 2.88 bits per heavy atom. The molecule has 126 valence electrons. The number of nitrogens with one attached hydrogen (secondary N) is 1. The summed E-state index contributed by atoms with van der Waals surface area (Å²) in [6.45, 7) is 6.37. The maximum Gasteiger partial charge on any atom is 0.242 e. The minimum Gasteiger partial charge on any atom is -0.355 e. The molecule has 6 nitrogen and oxygen atoms in total. The SMILES string of the molecule is CC(C)c1nc2ccccc2n1CC(=O)N1C[C@@H]2CNC(=O)[C@@H]2C1. The van der Waals surface area contributed by atoms with E-state index in [4.69, 9.17) is 0 Å². The molecule has 0 unspecified atom stereocenters. The molecule has 0 aliphatic carbocycles. The Balaban J connectivity index is 1.59. The van der Waals surface area contributed by atoms with E-state index < -0.39 is 0 Å². The number of rotatable bonds is 3. The Kier molecular flexibility index (Phi) is 3.55. The van der Waals surface area contributed by atoms with E-state index in [1.807, 2.05) is 33.7 Å². The number of amides is 2. The van der Waals surface area contributed by atoms with Crippen LogP contribution in [0.5, 0.6) is 0 Å². The van der Waals surface area contributed by atoms with Gasteiger partial charge in [-0.25, -0.2) is 4.98 Å². The highest BCUT2D eigenvalue weighted by Crippen LogP contribution is 2.28. The van der Waals surface area contributed by atoms with Gasteiger partial charge in [0.2, 0.25) is 11.8 Å². The van der Waals surface area contributed by atoms with Crippen molar-refractivity contribution >= 4 is 22.8 Å². The van der Waals surface area contributed by atoms with Gasteiger partial charge in [-0.15, -0.1) is 0 Å². The molecule has 4 rings (SSSR count). The maximum absolute atomic E-state index is 12.8. The second-order valence-electron chi connectivity index (χ2n) is 7.11. The summed E-state index contributed by atoms with van der Waals surface area (Å²) in [5.74, 6) is 1.58. The van der Waals surface area contributed by atoms with E-state index in [2.05, 4.69) is 24.1 Å². The number of fused-ring (bicyclic) bond motifs is 2. The molecule has 2 fully saturated rings. The molecule has 0 bridgehead atoms. The molecule has 2 aliphatic rings. The molecule has 6 heteroatoms. The molecular formula is C18H22N4O2. The molecule has 2 saturated heterocycles. The zero-order chi connectivity index (χ0) is 16.8. The van der Waals surface area contributed by atoms with Gasteiger partial charge in [-0.1, -0.05) is 26.0 Å². The average molecular weight is 326 g/mol. The van der Waals surface area contributed by atoms with E-state index in [0.29, 0.717) is 19.6 Å². The number of carbonyl (C=O) groups excluding carboxylic acids is 2. The van der Waals surface area contributed by atoms with Crippen LogP contribution in [0.15, 0.2) is 24.3 Å². The topological polar surface area (TPSA) is 67.2 Å². The van der Waals surface area contributed by atoms with Gasteiger partial charge in [0.15, 0.2) is 0 Å². The largest absolute Gasteiger partial charge is 0.355 e. The van der Waals surface area contributed by atoms with Crippen molar-refractivity contribution in [3.05, 3.63) is 30.1 Å². The summed E-state index contributed by atoms with van der Waals surface area (Å²) in [6.07, 6.45) is 0. The molecule has 2 amide bonds. The predicted molar refractivity (Wildman–Crippen MR) is 90.4 cm³/mol. The molecular weight excluding hydrogens is 304 g/mol. The van der Waals surface area contributed by atoms with Gasteiger partial charge in [-0.2, -0.15) is 0 Å². The molecule has 2 aromatic rings. The Bertz CT molecular complexity index is 810. The molecule has 1 aromatic carbocycles.